The standard InChI is InChI=1S/C30H27FN6O5S/c1-41-21-14-20(15-22(17-21)42-2)34-29-30(36-27-13-6-5-12-26(27)35-29)37-43(39,40)23-9-7-8-19(16-23)33-28(38)18-32-25-11-4-3-10-24(25)31/h3-17,32H,18H2,1-2H3,(H,33,38)(H,34,35)(H,36,37). The molecule has 1 heterocycles. The van der Waals surface area contributed by atoms with E-state index in [4.69, 9.17) is 9.47 Å². The van der Waals surface area contributed by atoms with Gasteiger partial charge in [-0.2, -0.15) is 0 Å². The molecule has 0 spiro atoms. The first-order valence-electron chi connectivity index (χ1n) is 12.9. The number of nitrogens with zero attached hydrogens (tertiary/aromatic N) is 2. The van der Waals surface area contributed by atoms with E-state index in [1.807, 2.05) is 0 Å². The molecule has 220 valence electrons. The van der Waals surface area contributed by atoms with Crippen molar-refractivity contribution in [3.8, 4) is 11.5 Å². The van der Waals surface area contributed by atoms with Crippen LogP contribution < -0.4 is 30.1 Å². The van der Waals surface area contributed by atoms with Gasteiger partial charge in [0.05, 0.1) is 42.4 Å². The predicted molar refractivity (Wildman–Crippen MR) is 163 cm³/mol. The maximum atomic E-state index is 13.8. The van der Waals surface area contributed by atoms with Crippen LogP contribution in [0.2, 0.25) is 0 Å². The smallest absolute Gasteiger partial charge is 0.263 e. The number of para-hydroxylation sites is 3. The van der Waals surface area contributed by atoms with Gasteiger partial charge in [-0.05, 0) is 42.5 Å². The quantitative estimate of drug-likeness (QED) is 0.157. The van der Waals surface area contributed by atoms with Crippen molar-refractivity contribution in [2.24, 2.45) is 0 Å². The number of rotatable bonds is 11. The molecule has 0 radical (unpaired) electrons. The number of nitrogens with one attached hydrogen (secondary N) is 4. The highest BCUT2D eigenvalue weighted by Crippen LogP contribution is 2.31. The van der Waals surface area contributed by atoms with E-state index in [1.54, 1.807) is 60.7 Å². The third-order valence-corrected chi connectivity index (χ3v) is 7.49. The highest BCUT2D eigenvalue weighted by molar-refractivity contribution is 7.92. The monoisotopic (exact) mass is 602 g/mol. The van der Waals surface area contributed by atoms with Gasteiger partial charge < -0.3 is 25.4 Å². The summed E-state index contributed by atoms with van der Waals surface area (Å²) in [5.74, 6) is 0.128. The van der Waals surface area contributed by atoms with Crippen molar-refractivity contribution in [2.75, 3.05) is 41.4 Å². The third-order valence-electron chi connectivity index (χ3n) is 6.16. The number of benzene rings is 4. The van der Waals surface area contributed by atoms with Crippen LogP contribution in [-0.4, -0.2) is 45.1 Å². The van der Waals surface area contributed by atoms with Crippen molar-refractivity contribution in [3.05, 3.63) is 96.8 Å². The Hall–Kier alpha value is -5.43. The molecule has 0 saturated carbocycles. The number of sulfonamides is 1. The lowest BCUT2D eigenvalue weighted by molar-refractivity contribution is -0.114. The lowest BCUT2D eigenvalue weighted by atomic mass is 10.2. The molecule has 0 saturated heterocycles. The lowest BCUT2D eigenvalue weighted by Gasteiger charge is -2.15. The van der Waals surface area contributed by atoms with E-state index in [1.165, 1.54) is 44.6 Å². The molecule has 1 aromatic heterocycles. The van der Waals surface area contributed by atoms with E-state index in [9.17, 15) is 17.6 Å². The molecule has 0 aliphatic carbocycles. The summed E-state index contributed by atoms with van der Waals surface area (Å²) in [5.41, 5.74) is 1.94. The second-order valence-corrected chi connectivity index (χ2v) is 10.8. The zero-order valence-corrected chi connectivity index (χ0v) is 23.9. The van der Waals surface area contributed by atoms with Crippen molar-refractivity contribution in [1.29, 1.82) is 0 Å². The molecule has 4 N–H and O–H groups in total. The van der Waals surface area contributed by atoms with Gasteiger partial charge >= 0.3 is 0 Å². The average molecular weight is 603 g/mol. The van der Waals surface area contributed by atoms with Crippen molar-refractivity contribution in [2.45, 2.75) is 4.90 Å². The van der Waals surface area contributed by atoms with Gasteiger partial charge in [0.1, 0.15) is 17.3 Å². The number of hydrogen-bond acceptors (Lipinski definition) is 9. The molecule has 5 rings (SSSR count). The molecular weight excluding hydrogens is 575 g/mol. The van der Waals surface area contributed by atoms with Gasteiger partial charge in [0.2, 0.25) is 5.91 Å². The fourth-order valence-corrected chi connectivity index (χ4v) is 5.14. The molecule has 11 nitrogen and oxygen atoms in total. The summed E-state index contributed by atoms with van der Waals surface area (Å²) in [4.78, 5) is 21.5. The van der Waals surface area contributed by atoms with E-state index in [2.05, 4.69) is 30.6 Å². The molecular formula is C30H27FN6O5S. The van der Waals surface area contributed by atoms with E-state index < -0.39 is 21.7 Å². The first kappa shape index (κ1) is 29.1. The normalized spacial score (nSPS) is 11.0. The lowest BCUT2D eigenvalue weighted by Crippen LogP contribution is -2.22. The number of methoxy groups -OCH3 is 2. The number of anilines is 5. The fourth-order valence-electron chi connectivity index (χ4n) is 4.09. The minimum atomic E-state index is -4.20. The zero-order valence-electron chi connectivity index (χ0n) is 23.1. The van der Waals surface area contributed by atoms with Crippen LogP contribution in [0.15, 0.2) is 95.9 Å². The summed E-state index contributed by atoms with van der Waals surface area (Å²) in [6.07, 6.45) is 0. The summed E-state index contributed by atoms with van der Waals surface area (Å²) in [7, 11) is -1.16. The van der Waals surface area contributed by atoms with Crippen LogP contribution in [-0.2, 0) is 14.8 Å². The molecule has 1 amide bonds. The first-order chi connectivity index (χ1) is 20.7. The highest BCUT2D eigenvalue weighted by atomic mass is 32.2. The van der Waals surface area contributed by atoms with Crippen LogP contribution in [0.3, 0.4) is 0 Å². The number of fused-ring (bicyclic) bond motifs is 1. The van der Waals surface area contributed by atoms with Gasteiger partial charge in [0.15, 0.2) is 11.6 Å². The van der Waals surface area contributed by atoms with Gasteiger partial charge in [-0.1, -0.05) is 30.3 Å². The number of ether oxygens (including phenoxy) is 2. The molecule has 0 bridgehead atoms. The second kappa shape index (κ2) is 12.6. The van der Waals surface area contributed by atoms with Gasteiger partial charge in [-0.25, -0.2) is 22.8 Å². The summed E-state index contributed by atoms with van der Waals surface area (Å²) >= 11 is 0. The predicted octanol–water partition coefficient (Wildman–Crippen LogP) is 5.38. The zero-order chi connectivity index (χ0) is 30.4. The van der Waals surface area contributed by atoms with Crippen molar-refractivity contribution in [1.82, 2.24) is 9.97 Å². The Morgan fingerprint density at radius 2 is 1.44 bits per heavy atom. The molecule has 0 atom stereocenters. The van der Waals surface area contributed by atoms with Crippen LogP contribution in [0.4, 0.5) is 33.1 Å². The Bertz CT molecular complexity index is 1880. The Morgan fingerprint density at radius 1 is 0.791 bits per heavy atom. The van der Waals surface area contributed by atoms with Crippen molar-refractivity contribution >= 4 is 55.7 Å². The molecule has 0 unspecified atom stereocenters. The van der Waals surface area contributed by atoms with E-state index in [0.717, 1.165) is 0 Å². The number of amides is 1. The molecule has 5 aromatic rings. The van der Waals surface area contributed by atoms with Crippen LogP contribution in [0.25, 0.3) is 11.0 Å². The number of carbonyl (C=O) groups excluding carboxylic acids is 1. The maximum absolute atomic E-state index is 13.8. The number of hydrogen-bond donors (Lipinski definition) is 4. The van der Waals surface area contributed by atoms with E-state index in [0.29, 0.717) is 28.2 Å². The number of carbonyl (C=O) groups is 1. The van der Waals surface area contributed by atoms with E-state index in [-0.39, 0.29) is 34.5 Å². The van der Waals surface area contributed by atoms with Crippen LogP contribution in [0.5, 0.6) is 11.5 Å². The Kier molecular flexibility index (Phi) is 8.53. The summed E-state index contributed by atoms with van der Waals surface area (Å²) in [6, 6.07) is 23.8. The minimum Gasteiger partial charge on any atom is -0.497 e. The van der Waals surface area contributed by atoms with Crippen LogP contribution >= 0.6 is 0 Å². The third kappa shape index (κ3) is 7.08. The Balaban J connectivity index is 1.39. The summed E-state index contributed by atoms with van der Waals surface area (Å²) < 4.78 is 54.1. The van der Waals surface area contributed by atoms with Gasteiger partial charge in [0.25, 0.3) is 10.0 Å². The highest BCUT2D eigenvalue weighted by Gasteiger charge is 2.20. The number of halogens is 1. The maximum Gasteiger partial charge on any atom is 0.263 e. The molecule has 0 aliphatic rings. The van der Waals surface area contributed by atoms with E-state index >= 15 is 0 Å². The van der Waals surface area contributed by atoms with Gasteiger partial charge in [-0.15, -0.1) is 0 Å². The van der Waals surface area contributed by atoms with Crippen LogP contribution in [0, 0.1) is 5.82 Å². The Labute approximate surface area is 247 Å². The molecule has 0 aliphatic heterocycles. The topological polar surface area (TPSA) is 144 Å². The minimum absolute atomic E-state index is 0.0518. The average Bonchev–Trinajstić information content (AvgIpc) is 3.00. The fraction of sp³-hybridized carbons (Fsp3) is 0.100. The molecule has 13 heteroatoms. The van der Waals surface area contributed by atoms with Crippen molar-refractivity contribution in [3.63, 3.8) is 0 Å². The van der Waals surface area contributed by atoms with Crippen molar-refractivity contribution < 1.29 is 27.1 Å². The Morgan fingerprint density at radius 3 is 2.12 bits per heavy atom. The summed E-state index contributed by atoms with van der Waals surface area (Å²) in [5, 5.41) is 8.43. The largest absolute Gasteiger partial charge is 0.497 e. The molecule has 43 heavy (non-hydrogen) atoms. The SMILES string of the molecule is COc1cc(Nc2nc3ccccc3nc2NS(=O)(=O)c2cccc(NC(=O)CNc3ccccc3F)c2)cc(OC)c1. The summed E-state index contributed by atoms with van der Waals surface area (Å²) in [6.45, 7) is -0.229. The van der Waals surface area contributed by atoms with Gasteiger partial charge in [0, 0.05) is 29.6 Å². The molecule has 4 aromatic carbocycles. The number of aromatic nitrogens is 2. The van der Waals surface area contributed by atoms with Gasteiger partial charge in [-0.3, -0.25) is 9.52 Å². The van der Waals surface area contributed by atoms with Crippen LogP contribution in [0.1, 0.15) is 0 Å². The second-order valence-electron chi connectivity index (χ2n) is 9.15. The molecule has 0 fully saturated rings. The first-order valence-corrected chi connectivity index (χ1v) is 14.4.